The van der Waals surface area contributed by atoms with Gasteiger partial charge in [0.25, 0.3) is 0 Å². The molecule has 4 heterocycles. The van der Waals surface area contributed by atoms with E-state index in [4.69, 9.17) is 21.1 Å². The third kappa shape index (κ3) is 3.17. The molecule has 0 fully saturated rings. The topological polar surface area (TPSA) is 85.0 Å². The van der Waals surface area contributed by atoms with Crippen LogP contribution in [0.15, 0.2) is 36.5 Å². The molecule has 0 bridgehead atoms. The minimum Gasteiger partial charge on any atom is -0.454 e. The number of nitrogens with zero attached hydrogens (tertiary/aromatic N) is 3. The monoisotopic (exact) mass is 399 g/mol. The summed E-state index contributed by atoms with van der Waals surface area (Å²) in [5, 5.41) is 11.3. The number of hydrogen-bond acceptors (Lipinski definition) is 7. The van der Waals surface area contributed by atoms with E-state index in [1.165, 1.54) is 11.3 Å². The quantitative estimate of drug-likeness (QED) is 0.525. The summed E-state index contributed by atoms with van der Waals surface area (Å²) in [4.78, 5) is 10.1. The SMILES string of the molecule is Clc1cc2c(NCCc3ccc4c(c3)OCO4)nc(-c3cc[nH]n3)nc2s1. The number of benzene rings is 1. The standard InChI is InChI=1S/C18H14ClN5O2S/c19-15-8-11-16(22-17(23-18(11)27-15)12-4-6-21-24-12)20-5-3-10-1-2-13-14(7-10)26-9-25-13/h1-2,4,6-8H,3,5,9H2,(H,21,24)(H,20,22,23). The number of rotatable bonds is 5. The van der Waals surface area contributed by atoms with Crippen molar-refractivity contribution in [3.8, 4) is 23.0 Å². The van der Waals surface area contributed by atoms with Crippen LogP contribution in [-0.2, 0) is 6.42 Å². The molecule has 9 heteroatoms. The Kier molecular flexibility index (Phi) is 4.06. The zero-order valence-corrected chi connectivity index (χ0v) is 15.6. The summed E-state index contributed by atoms with van der Waals surface area (Å²) in [5.74, 6) is 2.90. The predicted octanol–water partition coefficient (Wildman–Crippen LogP) is 4.12. The molecule has 0 unspecified atom stereocenters. The molecule has 0 aliphatic carbocycles. The van der Waals surface area contributed by atoms with E-state index in [0.717, 1.165) is 39.5 Å². The first-order chi connectivity index (χ1) is 13.3. The van der Waals surface area contributed by atoms with Gasteiger partial charge in [-0.3, -0.25) is 5.10 Å². The van der Waals surface area contributed by atoms with Crippen LogP contribution in [0.3, 0.4) is 0 Å². The van der Waals surface area contributed by atoms with Gasteiger partial charge in [0.1, 0.15) is 16.3 Å². The van der Waals surface area contributed by atoms with Crippen molar-refractivity contribution in [2.24, 2.45) is 0 Å². The van der Waals surface area contributed by atoms with Crippen molar-refractivity contribution in [1.29, 1.82) is 0 Å². The van der Waals surface area contributed by atoms with Gasteiger partial charge in [0, 0.05) is 12.7 Å². The maximum Gasteiger partial charge on any atom is 0.231 e. The van der Waals surface area contributed by atoms with Crippen LogP contribution in [0.2, 0.25) is 4.34 Å². The maximum atomic E-state index is 6.19. The van der Waals surface area contributed by atoms with Crippen molar-refractivity contribution < 1.29 is 9.47 Å². The molecule has 0 saturated heterocycles. The molecule has 27 heavy (non-hydrogen) atoms. The number of aromatic nitrogens is 4. The van der Waals surface area contributed by atoms with Gasteiger partial charge in [0.15, 0.2) is 17.3 Å². The van der Waals surface area contributed by atoms with Crippen LogP contribution in [0, 0.1) is 0 Å². The van der Waals surface area contributed by atoms with E-state index in [0.29, 0.717) is 22.4 Å². The Hall–Kier alpha value is -2.84. The Morgan fingerprint density at radius 2 is 2.07 bits per heavy atom. The summed E-state index contributed by atoms with van der Waals surface area (Å²) < 4.78 is 11.5. The van der Waals surface area contributed by atoms with Crippen LogP contribution in [0.4, 0.5) is 5.82 Å². The van der Waals surface area contributed by atoms with Crippen LogP contribution >= 0.6 is 22.9 Å². The third-order valence-electron chi connectivity index (χ3n) is 4.24. The van der Waals surface area contributed by atoms with Crippen LogP contribution in [0.1, 0.15) is 5.56 Å². The summed E-state index contributed by atoms with van der Waals surface area (Å²) in [5.41, 5.74) is 1.85. The first-order valence-electron chi connectivity index (χ1n) is 8.36. The zero-order valence-electron chi connectivity index (χ0n) is 14.0. The van der Waals surface area contributed by atoms with Crippen molar-refractivity contribution >= 4 is 39.0 Å². The lowest BCUT2D eigenvalue weighted by molar-refractivity contribution is 0.174. The van der Waals surface area contributed by atoms with Crippen LogP contribution in [-0.4, -0.2) is 33.5 Å². The van der Waals surface area contributed by atoms with Gasteiger partial charge in [-0.05, 0) is 36.2 Å². The van der Waals surface area contributed by atoms with Gasteiger partial charge in [0.2, 0.25) is 6.79 Å². The first-order valence-corrected chi connectivity index (χ1v) is 9.55. The molecule has 1 aromatic carbocycles. The molecule has 0 spiro atoms. The second-order valence-corrected chi connectivity index (χ2v) is 7.65. The molecular formula is C18H14ClN5O2S. The fourth-order valence-corrected chi connectivity index (χ4v) is 4.04. The van der Waals surface area contributed by atoms with Crippen LogP contribution < -0.4 is 14.8 Å². The van der Waals surface area contributed by atoms with Crippen molar-refractivity contribution in [2.45, 2.75) is 6.42 Å². The average Bonchev–Trinajstić information content (AvgIpc) is 3.41. The van der Waals surface area contributed by atoms with Crippen LogP contribution in [0.5, 0.6) is 11.5 Å². The molecule has 0 saturated carbocycles. The van der Waals surface area contributed by atoms with E-state index in [9.17, 15) is 0 Å². The fraction of sp³-hybridized carbons (Fsp3) is 0.167. The first kappa shape index (κ1) is 16.3. The van der Waals surface area contributed by atoms with E-state index < -0.39 is 0 Å². The fourth-order valence-electron chi connectivity index (χ4n) is 2.95. The molecule has 3 aromatic heterocycles. The highest BCUT2D eigenvalue weighted by molar-refractivity contribution is 7.22. The molecule has 4 aromatic rings. The number of nitrogens with one attached hydrogen (secondary N) is 2. The molecule has 2 N–H and O–H groups in total. The molecule has 1 aliphatic rings. The molecule has 1 aliphatic heterocycles. The predicted molar refractivity (Wildman–Crippen MR) is 105 cm³/mol. The summed E-state index contributed by atoms with van der Waals surface area (Å²) in [6.45, 7) is 0.990. The average molecular weight is 400 g/mol. The highest BCUT2D eigenvalue weighted by atomic mass is 35.5. The molecule has 0 atom stereocenters. The third-order valence-corrected chi connectivity index (χ3v) is 5.39. The van der Waals surface area contributed by atoms with E-state index in [-0.39, 0.29) is 6.79 Å². The summed E-state index contributed by atoms with van der Waals surface area (Å²) in [6.07, 6.45) is 2.56. The minimum absolute atomic E-state index is 0.283. The lowest BCUT2D eigenvalue weighted by Gasteiger charge is -2.09. The van der Waals surface area contributed by atoms with Gasteiger partial charge in [-0.1, -0.05) is 17.7 Å². The zero-order chi connectivity index (χ0) is 18.2. The normalized spacial score (nSPS) is 12.6. The molecule has 0 amide bonds. The maximum absolute atomic E-state index is 6.19. The number of H-pyrrole nitrogens is 1. The summed E-state index contributed by atoms with van der Waals surface area (Å²) in [7, 11) is 0. The van der Waals surface area contributed by atoms with Gasteiger partial charge >= 0.3 is 0 Å². The Morgan fingerprint density at radius 1 is 1.15 bits per heavy atom. The molecule has 136 valence electrons. The van der Waals surface area contributed by atoms with E-state index in [1.54, 1.807) is 6.20 Å². The van der Waals surface area contributed by atoms with E-state index in [2.05, 4.69) is 25.5 Å². The van der Waals surface area contributed by atoms with Crippen molar-refractivity contribution in [3.63, 3.8) is 0 Å². The van der Waals surface area contributed by atoms with Crippen molar-refractivity contribution in [2.75, 3.05) is 18.7 Å². The Labute approximate surface area is 163 Å². The molecule has 0 radical (unpaired) electrons. The van der Waals surface area contributed by atoms with Crippen LogP contribution in [0.25, 0.3) is 21.7 Å². The van der Waals surface area contributed by atoms with Gasteiger partial charge in [-0.15, -0.1) is 11.3 Å². The number of anilines is 1. The van der Waals surface area contributed by atoms with E-state index >= 15 is 0 Å². The number of aromatic amines is 1. The number of ether oxygens (including phenoxy) is 2. The molecule has 7 nitrogen and oxygen atoms in total. The number of thiophene rings is 1. The molecule has 5 rings (SSSR count). The van der Waals surface area contributed by atoms with Gasteiger partial charge < -0.3 is 14.8 Å². The smallest absolute Gasteiger partial charge is 0.231 e. The van der Waals surface area contributed by atoms with Crippen molar-refractivity contribution in [1.82, 2.24) is 20.2 Å². The largest absolute Gasteiger partial charge is 0.454 e. The highest BCUT2D eigenvalue weighted by Crippen LogP contribution is 2.34. The van der Waals surface area contributed by atoms with Gasteiger partial charge in [-0.2, -0.15) is 5.10 Å². The second kappa shape index (κ2) is 6.71. The van der Waals surface area contributed by atoms with Crippen molar-refractivity contribution in [3.05, 3.63) is 46.4 Å². The highest BCUT2D eigenvalue weighted by Gasteiger charge is 2.15. The van der Waals surface area contributed by atoms with E-state index in [1.807, 2.05) is 30.3 Å². The summed E-state index contributed by atoms with van der Waals surface area (Å²) >= 11 is 7.62. The molecular weight excluding hydrogens is 386 g/mol. The van der Waals surface area contributed by atoms with Gasteiger partial charge in [0.05, 0.1) is 9.72 Å². The Morgan fingerprint density at radius 3 is 2.96 bits per heavy atom. The van der Waals surface area contributed by atoms with Gasteiger partial charge in [-0.25, -0.2) is 9.97 Å². The summed E-state index contributed by atoms with van der Waals surface area (Å²) in [6, 6.07) is 9.72. The minimum atomic E-state index is 0.283. The lowest BCUT2D eigenvalue weighted by Crippen LogP contribution is -2.07. The number of fused-ring (bicyclic) bond motifs is 2. The second-order valence-electron chi connectivity index (χ2n) is 5.99. The lowest BCUT2D eigenvalue weighted by atomic mass is 10.1. The Balaban J connectivity index is 1.39. The number of halogens is 1. The number of hydrogen-bond donors (Lipinski definition) is 2. The Bertz CT molecular complexity index is 1110.